The van der Waals surface area contributed by atoms with E-state index in [-0.39, 0.29) is 5.82 Å². The number of nitrogens with two attached hydrogens (primary N) is 1. The summed E-state index contributed by atoms with van der Waals surface area (Å²) in [5.74, 6) is 0.255. The van der Waals surface area contributed by atoms with Gasteiger partial charge in [-0.15, -0.1) is 0 Å². The summed E-state index contributed by atoms with van der Waals surface area (Å²) in [5, 5.41) is 1.07. The zero-order valence-electron chi connectivity index (χ0n) is 10.0. The zero-order valence-corrected chi connectivity index (χ0v) is 10.0. The molecule has 1 aliphatic carbocycles. The molecule has 2 nitrogen and oxygen atoms in total. The van der Waals surface area contributed by atoms with Gasteiger partial charge in [-0.1, -0.05) is 12.1 Å². The predicted octanol–water partition coefficient (Wildman–Crippen LogP) is 2.70. The number of aryl methyl sites for hydroxylation is 2. The molecule has 0 amide bonds. The summed E-state index contributed by atoms with van der Waals surface area (Å²) in [6.07, 6.45) is 3.33. The third-order valence-electron chi connectivity index (χ3n) is 3.97. The highest BCUT2D eigenvalue weighted by atomic mass is 19.1. The molecule has 1 aliphatic rings. The minimum atomic E-state index is -0.129. The molecule has 3 heteroatoms. The van der Waals surface area contributed by atoms with Crippen molar-refractivity contribution in [3.63, 3.8) is 0 Å². The molecule has 0 saturated heterocycles. The lowest BCUT2D eigenvalue weighted by molar-refractivity contribution is 0.532. The second-order valence-electron chi connectivity index (χ2n) is 4.88. The van der Waals surface area contributed by atoms with Crippen LogP contribution in [0.25, 0.3) is 10.9 Å². The minimum Gasteiger partial charge on any atom is -0.345 e. The molecule has 1 unspecified atom stereocenters. The van der Waals surface area contributed by atoms with Crippen molar-refractivity contribution >= 4 is 10.9 Å². The van der Waals surface area contributed by atoms with Crippen molar-refractivity contribution in [2.45, 2.75) is 25.2 Å². The number of benzene rings is 1. The number of nitrogens with zero attached hydrogens (tertiary/aromatic N) is 1. The molecule has 2 aromatic rings. The fourth-order valence-corrected chi connectivity index (χ4v) is 3.24. The van der Waals surface area contributed by atoms with Crippen LogP contribution < -0.4 is 5.73 Å². The summed E-state index contributed by atoms with van der Waals surface area (Å²) in [6, 6.07) is 5.35. The molecular formula is C14H17FN2. The second kappa shape index (κ2) is 3.84. The molecule has 1 aromatic carbocycles. The zero-order chi connectivity index (χ0) is 12.0. The van der Waals surface area contributed by atoms with Crippen molar-refractivity contribution in [2.24, 2.45) is 12.8 Å². The van der Waals surface area contributed by atoms with Crippen LogP contribution in [0.15, 0.2) is 18.2 Å². The van der Waals surface area contributed by atoms with Gasteiger partial charge in [-0.05, 0) is 30.9 Å². The number of hydrogen-bond acceptors (Lipinski definition) is 1. The molecule has 2 N–H and O–H groups in total. The molecule has 1 atom stereocenters. The van der Waals surface area contributed by atoms with E-state index < -0.39 is 0 Å². The van der Waals surface area contributed by atoms with Gasteiger partial charge >= 0.3 is 0 Å². The van der Waals surface area contributed by atoms with E-state index in [2.05, 4.69) is 0 Å². The van der Waals surface area contributed by atoms with Crippen molar-refractivity contribution in [3.8, 4) is 0 Å². The highest BCUT2D eigenvalue weighted by Crippen LogP contribution is 2.38. The van der Waals surface area contributed by atoms with Crippen LogP contribution in [0.3, 0.4) is 0 Å². The SMILES string of the molecule is Cn1c2c(c3cccc(F)c31)CCCC2CN. The first-order valence-electron chi connectivity index (χ1n) is 6.19. The standard InChI is InChI=1S/C14H17FN2/c1-17-13-9(8-16)4-2-5-10(13)11-6-3-7-12(15)14(11)17/h3,6-7,9H,2,4-5,8,16H2,1H3. The Bertz CT molecular complexity index is 571. The maximum atomic E-state index is 13.9. The lowest BCUT2D eigenvalue weighted by atomic mass is 9.87. The van der Waals surface area contributed by atoms with E-state index in [1.54, 1.807) is 6.07 Å². The Morgan fingerprint density at radius 3 is 3.06 bits per heavy atom. The van der Waals surface area contributed by atoms with E-state index in [1.165, 1.54) is 17.3 Å². The molecule has 0 fully saturated rings. The van der Waals surface area contributed by atoms with Gasteiger partial charge < -0.3 is 10.3 Å². The Morgan fingerprint density at radius 2 is 2.29 bits per heavy atom. The van der Waals surface area contributed by atoms with Crippen LogP contribution in [-0.2, 0) is 13.5 Å². The van der Waals surface area contributed by atoms with Crippen LogP contribution in [0.1, 0.15) is 30.0 Å². The minimum absolute atomic E-state index is 0.129. The van der Waals surface area contributed by atoms with Crippen LogP contribution in [-0.4, -0.2) is 11.1 Å². The fourth-order valence-electron chi connectivity index (χ4n) is 3.24. The summed E-state index contributed by atoms with van der Waals surface area (Å²) < 4.78 is 15.9. The van der Waals surface area contributed by atoms with Crippen LogP contribution in [0.5, 0.6) is 0 Å². The number of fused-ring (bicyclic) bond motifs is 3. The monoisotopic (exact) mass is 232 g/mol. The Morgan fingerprint density at radius 1 is 1.47 bits per heavy atom. The molecule has 0 saturated carbocycles. The highest BCUT2D eigenvalue weighted by molar-refractivity contribution is 5.86. The molecule has 0 spiro atoms. The van der Waals surface area contributed by atoms with E-state index in [0.717, 1.165) is 30.2 Å². The van der Waals surface area contributed by atoms with E-state index in [1.807, 2.05) is 17.7 Å². The lowest BCUT2D eigenvalue weighted by Gasteiger charge is -2.23. The molecule has 1 heterocycles. The number of aromatic nitrogens is 1. The normalized spacial score (nSPS) is 19.6. The topological polar surface area (TPSA) is 30.9 Å². The van der Waals surface area contributed by atoms with Gasteiger partial charge in [0.15, 0.2) is 0 Å². The third kappa shape index (κ3) is 1.42. The van der Waals surface area contributed by atoms with Gasteiger partial charge in [-0.2, -0.15) is 0 Å². The maximum absolute atomic E-state index is 13.9. The summed E-state index contributed by atoms with van der Waals surface area (Å²) in [7, 11) is 1.96. The molecule has 0 aliphatic heterocycles. The van der Waals surface area contributed by atoms with Crippen LogP contribution >= 0.6 is 0 Å². The number of para-hydroxylation sites is 1. The second-order valence-corrected chi connectivity index (χ2v) is 4.88. The molecule has 0 radical (unpaired) electrons. The molecule has 3 rings (SSSR count). The average molecular weight is 232 g/mol. The van der Waals surface area contributed by atoms with Crippen LogP contribution in [0.2, 0.25) is 0 Å². The van der Waals surface area contributed by atoms with Crippen molar-refractivity contribution < 1.29 is 4.39 Å². The van der Waals surface area contributed by atoms with Crippen LogP contribution in [0, 0.1) is 5.82 Å². The van der Waals surface area contributed by atoms with Crippen LogP contribution in [0.4, 0.5) is 4.39 Å². The summed E-state index contributed by atoms with van der Waals surface area (Å²) in [6.45, 7) is 0.652. The Hall–Kier alpha value is -1.35. The summed E-state index contributed by atoms with van der Waals surface area (Å²) >= 11 is 0. The quantitative estimate of drug-likeness (QED) is 0.805. The molecule has 17 heavy (non-hydrogen) atoms. The predicted molar refractivity (Wildman–Crippen MR) is 67.6 cm³/mol. The van der Waals surface area contributed by atoms with Crippen molar-refractivity contribution in [1.82, 2.24) is 4.57 Å². The number of hydrogen-bond donors (Lipinski definition) is 1. The van der Waals surface area contributed by atoms with E-state index >= 15 is 0 Å². The number of rotatable bonds is 1. The average Bonchev–Trinajstić information content (AvgIpc) is 2.65. The van der Waals surface area contributed by atoms with Crippen molar-refractivity contribution in [3.05, 3.63) is 35.3 Å². The van der Waals surface area contributed by atoms with Crippen molar-refractivity contribution in [1.29, 1.82) is 0 Å². The van der Waals surface area contributed by atoms with Crippen molar-refractivity contribution in [2.75, 3.05) is 6.54 Å². The largest absolute Gasteiger partial charge is 0.345 e. The van der Waals surface area contributed by atoms with Gasteiger partial charge in [0.05, 0.1) is 5.52 Å². The number of halogens is 1. The summed E-state index contributed by atoms with van der Waals surface area (Å²) in [5.41, 5.74) is 9.13. The molecule has 1 aromatic heterocycles. The Labute approximate surface area is 100 Å². The van der Waals surface area contributed by atoms with E-state index in [0.29, 0.717) is 12.5 Å². The molecular weight excluding hydrogens is 215 g/mol. The van der Waals surface area contributed by atoms with Gasteiger partial charge in [-0.3, -0.25) is 0 Å². The first-order chi connectivity index (χ1) is 8.24. The first-order valence-corrected chi connectivity index (χ1v) is 6.19. The van der Waals surface area contributed by atoms with Gasteiger partial charge in [0.2, 0.25) is 0 Å². The van der Waals surface area contributed by atoms with Gasteiger partial charge in [0.25, 0.3) is 0 Å². The fraction of sp³-hybridized carbons (Fsp3) is 0.429. The smallest absolute Gasteiger partial charge is 0.147 e. The molecule has 90 valence electrons. The summed E-state index contributed by atoms with van der Waals surface area (Å²) in [4.78, 5) is 0. The van der Waals surface area contributed by atoms with Gasteiger partial charge in [0.1, 0.15) is 5.82 Å². The van der Waals surface area contributed by atoms with E-state index in [4.69, 9.17) is 5.73 Å². The molecule has 0 bridgehead atoms. The lowest BCUT2D eigenvalue weighted by Crippen LogP contribution is -2.20. The van der Waals surface area contributed by atoms with E-state index in [9.17, 15) is 4.39 Å². The Kier molecular flexibility index (Phi) is 2.44. The van der Waals surface area contributed by atoms with Gasteiger partial charge in [-0.25, -0.2) is 4.39 Å². The first kappa shape index (κ1) is 10.8. The van der Waals surface area contributed by atoms with Gasteiger partial charge in [0, 0.05) is 30.6 Å². The maximum Gasteiger partial charge on any atom is 0.147 e. The Balaban J connectivity index is 2.37. The highest BCUT2D eigenvalue weighted by Gasteiger charge is 2.26. The third-order valence-corrected chi connectivity index (χ3v) is 3.97.